The molecule has 0 aliphatic rings. The summed E-state index contributed by atoms with van der Waals surface area (Å²) in [5.41, 5.74) is 0.690. The topological polar surface area (TPSA) is 58.6 Å². The van der Waals surface area contributed by atoms with Crippen molar-refractivity contribution in [2.45, 2.75) is 13.0 Å². The molecule has 2 rings (SSSR count). The molecule has 1 unspecified atom stereocenters. The number of ether oxygens (including phenoxy) is 1. The van der Waals surface area contributed by atoms with Crippen LogP contribution in [-0.4, -0.2) is 17.7 Å². The fourth-order valence-corrected chi connectivity index (χ4v) is 1.94. The fraction of sp³-hybridized carbons (Fsp3) is 0.188. The Balaban J connectivity index is 2.33. The molecule has 0 bridgehead atoms. The first-order valence-corrected chi connectivity index (χ1v) is 6.58. The number of para-hydroxylation sites is 1. The van der Waals surface area contributed by atoms with E-state index in [0.29, 0.717) is 5.56 Å². The number of halogens is 1. The summed E-state index contributed by atoms with van der Waals surface area (Å²) < 4.78 is 18.7. The first-order valence-electron chi connectivity index (χ1n) is 6.58. The average Bonchev–Trinajstić information content (AvgIpc) is 2.46. The molecule has 0 aliphatic carbocycles. The molecule has 0 aromatic heterocycles. The molecule has 0 saturated carbocycles. The lowest BCUT2D eigenvalue weighted by molar-refractivity contribution is -0.144. The highest BCUT2D eigenvalue weighted by atomic mass is 19.1. The third-order valence-electron chi connectivity index (χ3n) is 2.90. The van der Waals surface area contributed by atoms with Gasteiger partial charge in [-0.25, -0.2) is 9.18 Å². The quantitative estimate of drug-likeness (QED) is 0.830. The molecule has 0 heterocycles. The summed E-state index contributed by atoms with van der Waals surface area (Å²) in [7, 11) is 0. The van der Waals surface area contributed by atoms with Crippen molar-refractivity contribution in [1.82, 2.24) is 0 Å². The van der Waals surface area contributed by atoms with Crippen LogP contribution in [0.15, 0.2) is 48.5 Å². The predicted octanol–water partition coefficient (Wildman–Crippen LogP) is 3.25. The van der Waals surface area contributed by atoms with E-state index in [1.807, 2.05) is 0 Å². The van der Waals surface area contributed by atoms with E-state index in [1.54, 1.807) is 31.2 Å². The van der Waals surface area contributed by atoms with Crippen LogP contribution in [0.3, 0.4) is 0 Å². The van der Waals surface area contributed by atoms with Crippen molar-refractivity contribution in [3.63, 3.8) is 0 Å². The van der Waals surface area contributed by atoms with Crippen molar-refractivity contribution in [2.24, 2.45) is 0 Å². The molecule has 0 radical (unpaired) electrons. The van der Waals surface area contributed by atoms with Crippen LogP contribution in [0.4, 0.5) is 10.1 Å². The molecule has 2 N–H and O–H groups in total. The maximum Gasteiger partial charge on any atom is 0.333 e. The van der Waals surface area contributed by atoms with E-state index in [2.05, 4.69) is 5.32 Å². The van der Waals surface area contributed by atoms with Gasteiger partial charge in [0.1, 0.15) is 11.6 Å². The van der Waals surface area contributed by atoms with Gasteiger partial charge in [0.25, 0.3) is 0 Å². The SMILES string of the molecule is CCOC(=O)C(Nc1ccccc1F)c1cccc(O)c1. The second kappa shape index (κ2) is 6.74. The molecule has 0 aliphatic heterocycles. The zero-order valence-electron chi connectivity index (χ0n) is 11.5. The Morgan fingerprint density at radius 3 is 2.71 bits per heavy atom. The van der Waals surface area contributed by atoms with E-state index >= 15 is 0 Å². The van der Waals surface area contributed by atoms with Crippen molar-refractivity contribution < 1.29 is 19.0 Å². The molecule has 4 nitrogen and oxygen atoms in total. The number of nitrogens with one attached hydrogen (secondary N) is 1. The number of phenols is 1. The third-order valence-corrected chi connectivity index (χ3v) is 2.90. The molecule has 5 heteroatoms. The van der Waals surface area contributed by atoms with Gasteiger partial charge in [0, 0.05) is 0 Å². The van der Waals surface area contributed by atoms with Gasteiger partial charge in [0.05, 0.1) is 12.3 Å². The van der Waals surface area contributed by atoms with E-state index in [0.717, 1.165) is 0 Å². The smallest absolute Gasteiger partial charge is 0.333 e. The van der Waals surface area contributed by atoms with Gasteiger partial charge in [0.15, 0.2) is 6.04 Å². The highest BCUT2D eigenvalue weighted by molar-refractivity contribution is 5.81. The van der Waals surface area contributed by atoms with Crippen LogP contribution < -0.4 is 5.32 Å². The summed E-state index contributed by atoms with van der Waals surface area (Å²) in [4.78, 5) is 12.1. The minimum absolute atomic E-state index is 0.0251. The van der Waals surface area contributed by atoms with Crippen molar-refractivity contribution in [3.8, 4) is 5.75 Å². The van der Waals surface area contributed by atoms with E-state index in [9.17, 15) is 14.3 Å². The lowest BCUT2D eigenvalue weighted by atomic mass is 10.1. The average molecular weight is 289 g/mol. The molecule has 110 valence electrons. The number of hydrogen-bond donors (Lipinski definition) is 2. The van der Waals surface area contributed by atoms with Crippen LogP contribution in [0.1, 0.15) is 18.5 Å². The molecule has 2 aromatic rings. The highest BCUT2D eigenvalue weighted by Crippen LogP contribution is 2.25. The van der Waals surface area contributed by atoms with E-state index in [4.69, 9.17) is 4.74 Å². The Bertz CT molecular complexity index is 630. The van der Waals surface area contributed by atoms with Gasteiger partial charge in [-0.15, -0.1) is 0 Å². The maximum atomic E-state index is 13.7. The number of anilines is 1. The van der Waals surface area contributed by atoms with Crippen molar-refractivity contribution in [1.29, 1.82) is 0 Å². The Labute approximate surface area is 122 Å². The number of phenolic OH excluding ortho intramolecular Hbond substituents is 1. The molecule has 0 amide bonds. The molecule has 0 fully saturated rings. The van der Waals surface area contributed by atoms with Crippen LogP contribution in [0.5, 0.6) is 5.75 Å². The summed E-state index contributed by atoms with van der Waals surface area (Å²) in [6, 6.07) is 11.4. The molecule has 21 heavy (non-hydrogen) atoms. The molecular weight excluding hydrogens is 273 g/mol. The second-order valence-corrected chi connectivity index (χ2v) is 4.40. The van der Waals surface area contributed by atoms with Crippen LogP contribution in [-0.2, 0) is 9.53 Å². The summed E-state index contributed by atoms with van der Waals surface area (Å²) in [6.07, 6.45) is 0. The number of benzene rings is 2. The standard InChI is InChI=1S/C16H16FNO3/c1-2-21-16(20)15(11-6-5-7-12(19)10-11)18-14-9-4-3-8-13(14)17/h3-10,15,18-19H,2H2,1H3. The number of hydrogen-bond acceptors (Lipinski definition) is 4. The summed E-state index contributed by atoms with van der Waals surface area (Å²) in [5, 5.41) is 12.4. The van der Waals surface area contributed by atoms with E-state index in [1.165, 1.54) is 24.3 Å². The maximum absolute atomic E-state index is 13.7. The zero-order chi connectivity index (χ0) is 15.2. The third kappa shape index (κ3) is 3.72. The Morgan fingerprint density at radius 2 is 2.05 bits per heavy atom. The lowest BCUT2D eigenvalue weighted by Gasteiger charge is -2.19. The van der Waals surface area contributed by atoms with E-state index < -0.39 is 17.8 Å². The van der Waals surface area contributed by atoms with Gasteiger partial charge in [0.2, 0.25) is 0 Å². The summed E-state index contributed by atoms with van der Waals surface area (Å²) >= 11 is 0. The largest absolute Gasteiger partial charge is 0.508 e. The first kappa shape index (κ1) is 14.8. The molecule has 0 saturated heterocycles. The monoisotopic (exact) mass is 289 g/mol. The van der Waals surface area contributed by atoms with Crippen LogP contribution in [0.2, 0.25) is 0 Å². The van der Waals surface area contributed by atoms with Crippen molar-refractivity contribution in [2.75, 3.05) is 11.9 Å². The number of carbonyl (C=O) groups excluding carboxylic acids is 1. The highest BCUT2D eigenvalue weighted by Gasteiger charge is 2.23. The number of esters is 1. The van der Waals surface area contributed by atoms with Gasteiger partial charge in [-0.05, 0) is 36.8 Å². The number of rotatable bonds is 5. The van der Waals surface area contributed by atoms with Gasteiger partial charge in [-0.1, -0.05) is 24.3 Å². The predicted molar refractivity (Wildman–Crippen MR) is 77.5 cm³/mol. The minimum atomic E-state index is -0.894. The molecule has 1 atom stereocenters. The van der Waals surface area contributed by atoms with Gasteiger partial charge < -0.3 is 15.2 Å². The van der Waals surface area contributed by atoms with Crippen molar-refractivity contribution in [3.05, 3.63) is 59.9 Å². The van der Waals surface area contributed by atoms with Crippen molar-refractivity contribution >= 4 is 11.7 Å². The fourth-order valence-electron chi connectivity index (χ4n) is 1.94. The van der Waals surface area contributed by atoms with Gasteiger partial charge in [-0.2, -0.15) is 0 Å². The van der Waals surface area contributed by atoms with E-state index in [-0.39, 0.29) is 18.0 Å². The number of carbonyl (C=O) groups is 1. The van der Waals surface area contributed by atoms with Gasteiger partial charge >= 0.3 is 5.97 Å². The normalized spacial score (nSPS) is 11.7. The van der Waals surface area contributed by atoms with Gasteiger partial charge in [-0.3, -0.25) is 0 Å². The second-order valence-electron chi connectivity index (χ2n) is 4.40. The Kier molecular flexibility index (Phi) is 4.77. The Hall–Kier alpha value is -2.56. The zero-order valence-corrected chi connectivity index (χ0v) is 11.5. The van der Waals surface area contributed by atoms with Crippen LogP contribution in [0.25, 0.3) is 0 Å². The summed E-state index contributed by atoms with van der Waals surface area (Å²) in [5.74, 6) is -0.976. The minimum Gasteiger partial charge on any atom is -0.508 e. The van der Waals surface area contributed by atoms with Crippen LogP contribution in [0, 0.1) is 5.82 Å². The Morgan fingerprint density at radius 1 is 1.29 bits per heavy atom. The first-order chi connectivity index (χ1) is 10.1. The number of aromatic hydroxyl groups is 1. The lowest BCUT2D eigenvalue weighted by Crippen LogP contribution is -2.23. The molecular formula is C16H16FNO3. The van der Waals surface area contributed by atoms with Crippen LogP contribution >= 0.6 is 0 Å². The summed E-state index contributed by atoms with van der Waals surface area (Å²) in [6.45, 7) is 1.91. The molecule has 0 spiro atoms. The molecule has 2 aromatic carbocycles.